The van der Waals surface area contributed by atoms with Gasteiger partial charge in [0.05, 0.1) is 30.4 Å². The number of unbranched alkanes of at least 4 members (excludes halogenated alkanes) is 1. The van der Waals surface area contributed by atoms with Crippen LogP contribution in [0.15, 0.2) is 24.3 Å². The van der Waals surface area contributed by atoms with E-state index < -0.39 is 5.91 Å². The second-order valence-corrected chi connectivity index (χ2v) is 7.90. The van der Waals surface area contributed by atoms with Crippen molar-refractivity contribution in [2.45, 2.75) is 46.1 Å². The van der Waals surface area contributed by atoms with E-state index in [2.05, 4.69) is 22.5 Å². The Hall–Kier alpha value is -2.62. The Labute approximate surface area is 179 Å². The first-order chi connectivity index (χ1) is 14.6. The molecule has 1 aliphatic rings. The van der Waals surface area contributed by atoms with Gasteiger partial charge in [-0.3, -0.25) is 9.69 Å². The number of carbonyl (C=O) groups excluding carboxylic acids is 1. The van der Waals surface area contributed by atoms with Gasteiger partial charge in [0.15, 0.2) is 0 Å². The molecule has 0 unspecified atom stereocenters. The van der Waals surface area contributed by atoms with Gasteiger partial charge in [-0.25, -0.2) is 0 Å². The number of ether oxygens (including phenoxy) is 1. The maximum Gasteiger partial charge on any atom is 0.251 e. The third-order valence-electron chi connectivity index (χ3n) is 5.91. The molecule has 1 aliphatic heterocycles. The molecule has 1 aromatic carbocycles. The van der Waals surface area contributed by atoms with Crippen LogP contribution >= 0.6 is 0 Å². The zero-order valence-electron chi connectivity index (χ0n) is 18.1. The summed E-state index contributed by atoms with van der Waals surface area (Å²) in [6.07, 6.45) is 4.04. The number of morpholine rings is 1. The van der Waals surface area contributed by atoms with E-state index in [1.807, 2.05) is 19.1 Å². The number of amides is 1. The van der Waals surface area contributed by atoms with E-state index in [9.17, 15) is 4.79 Å². The van der Waals surface area contributed by atoms with Crippen LogP contribution < -0.4 is 5.73 Å². The number of carbonyl (C=O) groups is 1. The van der Waals surface area contributed by atoms with E-state index in [0.29, 0.717) is 11.1 Å². The summed E-state index contributed by atoms with van der Waals surface area (Å²) in [7, 11) is 0. The van der Waals surface area contributed by atoms with Gasteiger partial charge in [0.25, 0.3) is 5.91 Å². The number of nitrogens with two attached hydrogens (primary N) is 1. The highest BCUT2D eigenvalue weighted by atomic mass is 16.5. The predicted octanol–water partition coefficient (Wildman–Crippen LogP) is 3.50. The Bertz CT molecular complexity index is 903. The molecule has 1 amide bonds. The van der Waals surface area contributed by atoms with Gasteiger partial charge in [-0.15, -0.1) is 0 Å². The molecule has 2 heterocycles. The van der Waals surface area contributed by atoms with Crippen LogP contribution in [0.2, 0.25) is 0 Å². The summed E-state index contributed by atoms with van der Waals surface area (Å²) in [6, 6.07) is 9.61. The topological polar surface area (TPSA) is 84.3 Å². The number of hydrogen-bond donors (Lipinski definition) is 1. The van der Waals surface area contributed by atoms with Gasteiger partial charge in [0.2, 0.25) is 0 Å². The molecule has 0 atom stereocenters. The van der Waals surface area contributed by atoms with Gasteiger partial charge in [0, 0.05) is 43.1 Å². The lowest BCUT2D eigenvalue weighted by Crippen LogP contribution is -2.37. The Morgan fingerprint density at radius 1 is 1.17 bits per heavy atom. The molecule has 1 aromatic heterocycles. The van der Waals surface area contributed by atoms with Crippen LogP contribution in [0.3, 0.4) is 0 Å². The predicted molar refractivity (Wildman–Crippen MR) is 118 cm³/mol. The molecule has 0 spiro atoms. The third kappa shape index (κ3) is 4.92. The lowest BCUT2D eigenvalue weighted by molar-refractivity contribution is 0.0369. The molecule has 2 N–H and O–H groups in total. The van der Waals surface area contributed by atoms with Crippen molar-refractivity contribution in [3.05, 3.63) is 46.8 Å². The van der Waals surface area contributed by atoms with Crippen molar-refractivity contribution in [2.24, 2.45) is 5.73 Å². The lowest BCUT2D eigenvalue weighted by atomic mass is 9.97. The number of nitrogens with zero attached hydrogens (tertiary/aromatic N) is 3. The largest absolute Gasteiger partial charge is 0.379 e. The molecular formula is C24H32N4O2. The van der Waals surface area contributed by atoms with Gasteiger partial charge in [-0.05, 0) is 43.9 Å². The molecule has 30 heavy (non-hydrogen) atoms. The number of nitriles is 1. The van der Waals surface area contributed by atoms with E-state index in [1.165, 1.54) is 5.69 Å². The van der Waals surface area contributed by atoms with E-state index in [-0.39, 0.29) is 0 Å². The molecule has 0 radical (unpaired) electrons. The van der Waals surface area contributed by atoms with Crippen molar-refractivity contribution < 1.29 is 9.53 Å². The SMILES string of the molecule is CCCCc1c(-c2ccc(C#N)cc2)c(C(N)=O)c(C)n1CCCN1CCOCC1. The number of benzene rings is 1. The summed E-state index contributed by atoms with van der Waals surface area (Å²) in [5, 5.41) is 9.13. The Kier molecular flexibility index (Phi) is 7.67. The quantitative estimate of drug-likeness (QED) is 0.688. The Balaban J connectivity index is 1.95. The molecule has 160 valence electrons. The van der Waals surface area contributed by atoms with Crippen LogP contribution in [0.4, 0.5) is 0 Å². The van der Waals surface area contributed by atoms with Gasteiger partial charge in [-0.2, -0.15) is 5.26 Å². The van der Waals surface area contributed by atoms with E-state index in [1.54, 1.807) is 12.1 Å². The molecular weight excluding hydrogens is 376 g/mol. The number of hydrogen-bond acceptors (Lipinski definition) is 4. The maximum atomic E-state index is 12.4. The van der Waals surface area contributed by atoms with Crippen molar-refractivity contribution in [2.75, 3.05) is 32.8 Å². The van der Waals surface area contributed by atoms with Gasteiger partial charge in [0.1, 0.15) is 0 Å². The summed E-state index contributed by atoms with van der Waals surface area (Å²) in [6.45, 7) is 9.63. The van der Waals surface area contributed by atoms with E-state index in [4.69, 9.17) is 15.7 Å². The highest BCUT2D eigenvalue weighted by Gasteiger charge is 2.24. The highest BCUT2D eigenvalue weighted by molar-refractivity contribution is 6.02. The second-order valence-electron chi connectivity index (χ2n) is 7.90. The number of rotatable bonds is 9. The molecule has 0 bridgehead atoms. The summed E-state index contributed by atoms with van der Waals surface area (Å²) in [5.41, 5.74) is 11.1. The molecule has 6 nitrogen and oxygen atoms in total. The van der Waals surface area contributed by atoms with Crippen LogP contribution in [0.1, 0.15) is 53.5 Å². The standard InChI is InChI=1S/C24H32N4O2/c1-3-4-6-21-23(20-9-7-19(17-25)8-10-20)22(24(26)29)18(2)28(21)12-5-11-27-13-15-30-16-14-27/h7-10H,3-6,11-16H2,1-2H3,(H2,26,29). The summed E-state index contributed by atoms with van der Waals surface area (Å²) in [5.74, 6) is -0.392. The van der Waals surface area contributed by atoms with Crippen molar-refractivity contribution >= 4 is 5.91 Å². The lowest BCUT2D eigenvalue weighted by Gasteiger charge is -2.26. The number of aromatic nitrogens is 1. The van der Waals surface area contributed by atoms with Crippen molar-refractivity contribution in [3.8, 4) is 17.2 Å². The first-order valence-electron chi connectivity index (χ1n) is 10.9. The van der Waals surface area contributed by atoms with Crippen molar-refractivity contribution in [1.29, 1.82) is 5.26 Å². The molecule has 6 heteroatoms. The fourth-order valence-electron chi connectivity index (χ4n) is 4.31. The van der Waals surface area contributed by atoms with E-state index in [0.717, 1.165) is 81.9 Å². The van der Waals surface area contributed by atoms with Crippen LogP contribution in [0.5, 0.6) is 0 Å². The average molecular weight is 409 g/mol. The second kappa shape index (κ2) is 10.4. The normalized spacial score (nSPS) is 14.6. The monoisotopic (exact) mass is 408 g/mol. The minimum Gasteiger partial charge on any atom is -0.379 e. The molecule has 1 fully saturated rings. The summed E-state index contributed by atoms with van der Waals surface area (Å²) in [4.78, 5) is 14.9. The van der Waals surface area contributed by atoms with Crippen LogP contribution in [-0.2, 0) is 17.7 Å². The molecule has 1 saturated heterocycles. The van der Waals surface area contributed by atoms with Crippen molar-refractivity contribution in [1.82, 2.24) is 9.47 Å². The minimum absolute atomic E-state index is 0.392. The zero-order valence-corrected chi connectivity index (χ0v) is 18.1. The Morgan fingerprint density at radius 2 is 1.87 bits per heavy atom. The fraction of sp³-hybridized carbons (Fsp3) is 0.500. The smallest absolute Gasteiger partial charge is 0.251 e. The molecule has 2 aromatic rings. The average Bonchev–Trinajstić information content (AvgIpc) is 3.04. The highest BCUT2D eigenvalue weighted by Crippen LogP contribution is 2.34. The van der Waals surface area contributed by atoms with Crippen LogP contribution in [0.25, 0.3) is 11.1 Å². The van der Waals surface area contributed by atoms with Gasteiger partial charge in [-0.1, -0.05) is 25.5 Å². The van der Waals surface area contributed by atoms with Crippen LogP contribution in [0, 0.1) is 18.3 Å². The van der Waals surface area contributed by atoms with E-state index >= 15 is 0 Å². The van der Waals surface area contributed by atoms with Gasteiger partial charge < -0.3 is 15.0 Å². The summed E-state index contributed by atoms with van der Waals surface area (Å²) >= 11 is 0. The van der Waals surface area contributed by atoms with Crippen LogP contribution in [-0.4, -0.2) is 48.2 Å². The van der Waals surface area contributed by atoms with Crippen molar-refractivity contribution in [3.63, 3.8) is 0 Å². The molecule has 3 rings (SSSR count). The Morgan fingerprint density at radius 3 is 2.47 bits per heavy atom. The van der Waals surface area contributed by atoms with Gasteiger partial charge >= 0.3 is 0 Å². The maximum absolute atomic E-state index is 12.4. The summed E-state index contributed by atoms with van der Waals surface area (Å²) < 4.78 is 7.73. The third-order valence-corrected chi connectivity index (χ3v) is 5.91. The number of primary amides is 1. The zero-order chi connectivity index (χ0) is 21.5. The molecule has 0 saturated carbocycles. The molecule has 0 aliphatic carbocycles. The first-order valence-corrected chi connectivity index (χ1v) is 10.9. The minimum atomic E-state index is -0.392. The first kappa shape index (κ1) is 22.1. The fourth-order valence-corrected chi connectivity index (χ4v) is 4.31.